The van der Waals surface area contributed by atoms with Gasteiger partial charge in [0.2, 0.25) is 0 Å². The molecule has 0 aliphatic heterocycles. The number of aryl methyl sites for hydroxylation is 1. The molecular weight excluding hydrogens is 960 g/mol. The monoisotopic (exact) mass is 995 g/mol. The maximum Gasteiger partial charge on any atom is 0.416 e. The van der Waals surface area contributed by atoms with Crippen LogP contribution in [0.25, 0.3) is 111 Å². The van der Waals surface area contributed by atoms with E-state index in [9.17, 15) is 39.5 Å². The number of fused-ring (bicyclic) bond motifs is 6. The van der Waals surface area contributed by atoms with Crippen molar-refractivity contribution in [1.82, 2.24) is 9.13 Å². The van der Waals surface area contributed by atoms with Gasteiger partial charge in [0.1, 0.15) is 11.6 Å². The van der Waals surface area contributed by atoms with Crippen molar-refractivity contribution in [3.63, 3.8) is 0 Å². The predicted molar refractivity (Wildman–Crippen MR) is 296 cm³/mol. The summed E-state index contributed by atoms with van der Waals surface area (Å²) in [7, 11) is 0. The predicted octanol–water partition coefficient (Wildman–Crippen LogP) is 16.9. The van der Waals surface area contributed by atoms with Gasteiger partial charge >= 0.3 is 6.18 Å². The lowest BCUT2D eigenvalue weighted by atomic mass is 9.96. The number of rotatable bonds is 7. The number of halogens is 3. The minimum atomic E-state index is -4.67. The molecule has 0 unspecified atom stereocenters. The first-order chi connectivity index (χ1) is 37.4. The molecule has 2 aromatic heterocycles. The van der Waals surface area contributed by atoms with E-state index in [1.165, 1.54) is 0 Å². The number of aromatic nitrogens is 2. The van der Waals surface area contributed by atoms with Crippen molar-refractivity contribution in [1.29, 1.82) is 26.3 Å². The van der Waals surface area contributed by atoms with Crippen LogP contribution in [0.4, 0.5) is 13.2 Å². The number of benzene rings is 10. The number of nitrogens with zero attached hydrogens (tertiary/aromatic N) is 7. The third-order valence-electron chi connectivity index (χ3n) is 14.3. The van der Waals surface area contributed by atoms with Crippen LogP contribution in [0.15, 0.2) is 200 Å². The lowest BCUT2D eigenvalue weighted by Gasteiger charge is -2.20. The van der Waals surface area contributed by atoms with Crippen LogP contribution in [0.3, 0.4) is 0 Å². The summed E-state index contributed by atoms with van der Waals surface area (Å²) in [6, 6.07) is 72.2. The molecule has 0 aliphatic rings. The van der Waals surface area contributed by atoms with Gasteiger partial charge in [-0.1, -0.05) is 103 Å². The molecule has 0 radical (unpaired) electrons. The maximum atomic E-state index is 14.9. The van der Waals surface area contributed by atoms with E-state index in [1.807, 2.05) is 155 Å². The van der Waals surface area contributed by atoms with Crippen molar-refractivity contribution in [2.75, 3.05) is 0 Å². The third-order valence-corrected chi connectivity index (χ3v) is 14.3. The highest BCUT2D eigenvalue weighted by Gasteiger charge is 2.32. The minimum absolute atomic E-state index is 0.206. The molecule has 0 amide bonds. The van der Waals surface area contributed by atoms with Crippen LogP contribution < -0.4 is 0 Å². The quantitative estimate of drug-likeness (QED) is 0.157. The molecule has 0 spiro atoms. The summed E-state index contributed by atoms with van der Waals surface area (Å²) < 4.78 is 48.6. The summed E-state index contributed by atoms with van der Waals surface area (Å²) in [5.74, 6) is 0. The van der Waals surface area contributed by atoms with Crippen LogP contribution in [-0.2, 0) is 6.18 Å². The van der Waals surface area contributed by atoms with Gasteiger partial charge in [-0.2, -0.15) is 39.5 Å². The lowest BCUT2D eigenvalue weighted by Crippen LogP contribution is -2.07. The average molecular weight is 996 g/mol. The Morgan fingerprint density at radius 1 is 0.325 bits per heavy atom. The van der Waals surface area contributed by atoms with Gasteiger partial charge in [-0.25, -0.2) is 0 Å². The molecule has 7 nitrogen and oxygen atoms in total. The Balaban J connectivity index is 1.25. The molecule has 10 aromatic carbocycles. The van der Waals surface area contributed by atoms with Gasteiger partial charge in [0.25, 0.3) is 0 Å². The second-order valence-electron chi connectivity index (χ2n) is 19.0. The van der Waals surface area contributed by atoms with Gasteiger partial charge in [-0.3, -0.25) is 0 Å². The van der Waals surface area contributed by atoms with Gasteiger partial charge < -0.3 is 9.13 Å². The largest absolute Gasteiger partial charge is 0.416 e. The summed E-state index contributed by atoms with van der Waals surface area (Å²) in [5.41, 5.74) is 12.1. The van der Waals surface area contributed by atoms with Gasteiger partial charge in [0, 0.05) is 21.5 Å². The van der Waals surface area contributed by atoms with E-state index < -0.39 is 11.7 Å². The molecule has 360 valence electrons. The average Bonchev–Trinajstić information content (AvgIpc) is 4.02. The molecule has 77 heavy (non-hydrogen) atoms. The van der Waals surface area contributed by atoms with E-state index in [1.54, 1.807) is 49.4 Å². The van der Waals surface area contributed by atoms with Crippen molar-refractivity contribution in [3.8, 4) is 97.4 Å². The summed E-state index contributed by atoms with van der Waals surface area (Å²) in [6.07, 6.45) is -4.67. The van der Waals surface area contributed by atoms with Gasteiger partial charge in [0.15, 0.2) is 0 Å². The Morgan fingerprint density at radius 3 is 0.935 bits per heavy atom. The van der Waals surface area contributed by atoms with Crippen LogP contribution in [0.1, 0.15) is 38.9 Å². The summed E-state index contributed by atoms with van der Waals surface area (Å²) in [4.78, 5) is 0. The van der Waals surface area contributed by atoms with E-state index in [0.29, 0.717) is 66.8 Å². The highest BCUT2D eigenvalue weighted by Crippen LogP contribution is 2.44. The Morgan fingerprint density at radius 2 is 0.636 bits per heavy atom. The Hall–Kier alpha value is -11.0. The van der Waals surface area contributed by atoms with Crippen molar-refractivity contribution in [2.45, 2.75) is 13.1 Å². The fourth-order valence-electron chi connectivity index (χ4n) is 10.7. The first kappa shape index (κ1) is 47.1. The zero-order chi connectivity index (χ0) is 53.1. The molecule has 10 heteroatoms. The van der Waals surface area contributed by atoms with Crippen molar-refractivity contribution < 1.29 is 13.2 Å². The molecule has 2 heterocycles. The summed E-state index contributed by atoms with van der Waals surface area (Å²) in [5, 5.41) is 54.9. The van der Waals surface area contributed by atoms with Crippen molar-refractivity contribution in [2.24, 2.45) is 0 Å². The molecule has 12 rings (SSSR count). The molecular formula is C67H36F3N7. The second-order valence-corrected chi connectivity index (χ2v) is 19.0. The van der Waals surface area contributed by atoms with E-state index in [0.717, 1.165) is 78.2 Å². The first-order valence-corrected chi connectivity index (χ1v) is 24.4. The topological polar surface area (TPSA) is 129 Å². The third kappa shape index (κ3) is 8.25. The first-order valence-electron chi connectivity index (χ1n) is 24.4. The van der Waals surface area contributed by atoms with E-state index in [-0.39, 0.29) is 11.1 Å². The van der Waals surface area contributed by atoms with Crippen LogP contribution in [-0.4, -0.2) is 9.13 Å². The van der Waals surface area contributed by atoms with Crippen molar-refractivity contribution >= 4 is 43.6 Å². The molecule has 0 bridgehead atoms. The Labute approximate surface area is 439 Å². The molecule has 12 aromatic rings. The van der Waals surface area contributed by atoms with Crippen molar-refractivity contribution in [3.05, 3.63) is 239 Å². The summed E-state index contributed by atoms with van der Waals surface area (Å²) >= 11 is 0. The number of nitriles is 5. The fraction of sp³-hybridized carbons (Fsp3) is 0.0299. The number of alkyl halides is 3. The standard InChI is InChI=1S/C67H36F3N7/c1-40-22-53(28-55(23-40)67(68,69)70)54-33-65(76-61-29-49(45-10-2-6-41(24-45)35-71)14-18-56(61)57-19-15-50(30-62(57)76)46-11-3-7-42(25-46)36-72)60(39-75)66(34-54)77-63-31-51(47-12-4-8-43(26-47)37-73)16-20-58(63)59-21-17-52(32-64(59)77)48-13-5-9-44(27-48)38-74/h2-34H,1H3. The van der Waals surface area contributed by atoms with Gasteiger partial charge in [0.05, 0.1) is 85.5 Å². The number of hydrogen-bond acceptors (Lipinski definition) is 5. The van der Waals surface area contributed by atoms with E-state index in [4.69, 9.17) is 0 Å². The van der Waals surface area contributed by atoms with E-state index in [2.05, 4.69) is 30.3 Å². The van der Waals surface area contributed by atoms with Crippen LogP contribution >= 0.6 is 0 Å². The van der Waals surface area contributed by atoms with Crippen LogP contribution in [0.2, 0.25) is 0 Å². The SMILES string of the molecule is Cc1cc(-c2cc(-n3c4cc(-c5cccc(C#N)c5)ccc4c4ccc(-c5cccc(C#N)c5)cc43)c(C#N)c(-n3c4cc(-c5cccc(C#N)c5)ccc4c4ccc(-c5cccc(C#N)c5)cc43)c2)cc(C(F)(F)F)c1. The van der Waals surface area contributed by atoms with Gasteiger partial charge in [-0.15, -0.1) is 0 Å². The van der Waals surface area contributed by atoms with Gasteiger partial charge in [-0.05, 0) is 165 Å². The maximum absolute atomic E-state index is 14.9. The highest BCUT2D eigenvalue weighted by molar-refractivity contribution is 6.13. The van der Waals surface area contributed by atoms with Crippen LogP contribution in [0.5, 0.6) is 0 Å². The Bertz CT molecular complexity index is 4220. The molecule has 0 aliphatic carbocycles. The fourth-order valence-corrected chi connectivity index (χ4v) is 10.7. The van der Waals surface area contributed by atoms with E-state index >= 15 is 0 Å². The smallest absolute Gasteiger partial charge is 0.308 e. The second kappa shape index (κ2) is 18.5. The lowest BCUT2D eigenvalue weighted by molar-refractivity contribution is -0.137. The highest BCUT2D eigenvalue weighted by atomic mass is 19.4. The molecule has 0 saturated heterocycles. The Kier molecular flexibility index (Phi) is 11.3. The normalized spacial score (nSPS) is 11.3. The zero-order valence-electron chi connectivity index (χ0n) is 40.8. The number of hydrogen-bond donors (Lipinski definition) is 0. The molecule has 0 fully saturated rings. The molecule has 0 N–H and O–H groups in total. The molecule has 0 atom stereocenters. The molecule has 0 saturated carbocycles. The summed E-state index contributed by atoms with van der Waals surface area (Å²) in [6.45, 7) is 1.63. The zero-order valence-corrected chi connectivity index (χ0v) is 40.8. The minimum Gasteiger partial charge on any atom is -0.308 e. The van der Waals surface area contributed by atoms with Crippen LogP contribution in [0, 0.1) is 63.6 Å².